The first-order chi connectivity index (χ1) is 11.7. The smallest absolute Gasteiger partial charge is 0.337 e. The average molecular weight is 320 g/mol. The summed E-state index contributed by atoms with van der Waals surface area (Å²) in [6.07, 6.45) is 0. The Labute approximate surface area is 140 Å². The number of carbonyl (C=O) groups is 1. The largest absolute Gasteiger partial charge is 0.465 e. The minimum Gasteiger partial charge on any atom is -0.465 e. The first-order valence-electron chi connectivity index (χ1n) is 7.44. The van der Waals surface area contributed by atoms with Gasteiger partial charge in [0.25, 0.3) is 0 Å². The number of esters is 1. The Morgan fingerprint density at radius 3 is 1.50 bits per heavy atom. The van der Waals surface area contributed by atoms with Crippen LogP contribution in [0.4, 0.5) is 0 Å². The summed E-state index contributed by atoms with van der Waals surface area (Å²) in [5.41, 5.74) is 0.483. The molecule has 4 nitrogen and oxygen atoms in total. The van der Waals surface area contributed by atoms with Crippen molar-refractivity contribution in [3.05, 3.63) is 84.4 Å². The molecule has 3 aromatic rings. The zero-order valence-corrected chi connectivity index (χ0v) is 13.1. The normalized spacial score (nSPS) is 10.0. The van der Waals surface area contributed by atoms with Crippen LogP contribution in [0.1, 0.15) is 10.4 Å². The van der Waals surface area contributed by atoms with Crippen molar-refractivity contribution in [2.75, 3.05) is 7.11 Å². The van der Waals surface area contributed by atoms with E-state index < -0.39 is 0 Å². The van der Waals surface area contributed by atoms with Gasteiger partial charge in [-0.3, -0.25) is 0 Å². The van der Waals surface area contributed by atoms with Gasteiger partial charge >= 0.3 is 5.97 Å². The van der Waals surface area contributed by atoms with Crippen molar-refractivity contribution in [1.29, 1.82) is 0 Å². The maximum absolute atomic E-state index is 11.4. The molecule has 3 aromatic carbocycles. The van der Waals surface area contributed by atoms with E-state index in [1.165, 1.54) is 7.11 Å². The molecule has 120 valence electrons. The highest BCUT2D eigenvalue weighted by Gasteiger charge is 2.05. The third-order valence-corrected chi connectivity index (χ3v) is 3.31. The molecule has 0 aromatic heterocycles. The fourth-order valence-electron chi connectivity index (χ4n) is 2.11. The van der Waals surface area contributed by atoms with Crippen LogP contribution in [0.15, 0.2) is 78.9 Å². The molecule has 4 heteroatoms. The van der Waals surface area contributed by atoms with Crippen LogP contribution in [0.25, 0.3) is 0 Å². The SMILES string of the molecule is COC(=O)c1ccc(Oc2ccc(Oc3ccccc3)cc2)cc1. The van der Waals surface area contributed by atoms with Gasteiger partial charge in [-0.15, -0.1) is 0 Å². The van der Waals surface area contributed by atoms with Gasteiger partial charge in [-0.2, -0.15) is 0 Å². The van der Waals surface area contributed by atoms with Gasteiger partial charge in [-0.25, -0.2) is 4.79 Å². The molecule has 3 rings (SSSR count). The summed E-state index contributed by atoms with van der Waals surface area (Å²) >= 11 is 0. The van der Waals surface area contributed by atoms with Gasteiger partial charge in [0.2, 0.25) is 0 Å². The molecule has 0 aliphatic carbocycles. The zero-order valence-electron chi connectivity index (χ0n) is 13.1. The molecule has 0 aliphatic rings. The number of carbonyl (C=O) groups excluding carboxylic acids is 1. The predicted octanol–water partition coefficient (Wildman–Crippen LogP) is 5.06. The van der Waals surface area contributed by atoms with E-state index in [2.05, 4.69) is 4.74 Å². The topological polar surface area (TPSA) is 44.8 Å². The van der Waals surface area contributed by atoms with Crippen molar-refractivity contribution in [2.24, 2.45) is 0 Å². The standard InChI is InChI=1S/C20H16O4/c1-22-20(21)15-7-9-17(10-8-15)24-19-13-11-18(12-14-19)23-16-5-3-2-4-6-16/h2-14H,1H3. The lowest BCUT2D eigenvalue weighted by atomic mass is 10.2. The summed E-state index contributed by atoms with van der Waals surface area (Å²) in [6, 6.07) is 23.7. The second-order valence-corrected chi connectivity index (χ2v) is 5.00. The van der Waals surface area contributed by atoms with Gasteiger partial charge in [0.05, 0.1) is 12.7 Å². The summed E-state index contributed by atoms with van der Waals surface area (Å²) in [4.78, 5) is 11.4. The van der Waals surface area contributed by atoms with Crippen LogP contribution in [0.5, 0.6) is 23.0 Å². The number of rotatable bonds is 5. The highest BCUT2D eigenvalue weighted by atomic mass is 16.5. The predicted molar refractivity (Wildman–Crippen MR) is 90.8 cm³/mol. The van der Waals surface area contributed by atoms with Crippen molar-refractivity contribution in [3.63, 3.8) is 0 Å². The lowest BCUT2D eigenvalue weighted by Crippen LogP contribution is -2.00. The van der Waals surface area contributed by atoms with Crippen LogP contribution in [0, 0.1) is 0 Å². The molecule has 0 bridgehead atoms. The Bertz CT molecular complexity index is 793. The van der Waals surface area contributed by atoms with E-state index in [0.717, 1.165) is 11.5 Å². The number of benzene rings is 3. The van der Waals surface area contributed by atoms with Crippen LogP contribution >= 0.6 is 0 Å². The summed E-state index contributed by atoms with van der Waals surface area (Å²) < 4.78 is 16.1. The fourth-order valence-corrected chi connectivity index (χ4v) is 2.11. The number of para-hydroxylation sites is 1. The van der Waals surface area contributed by atoms with Crippen molar-refractivity contribution in [3.8, 4) is 23.0 Å². The summed E-state index contributed by atoms with van der Waals surface area (Å²) in [7, 11) is 1.35. The van der Waals surface area contributed by atoms with E-state index in [4.69, 9.17) is 9.47 Å². The molecule has 0 amide bonds. The van der Waals surface area contributed by atoms with Crippen molar-refractivity contribution in [2.45, 2.75) is 0 Å². The number of methoxy groups -OCH3 is 1. The monoisotopic (exact) mass is 320 g/mol. The first kappa shape index (κ1) is 15.6. The molecule has 0 saturated heterocycles. The van der Waals surface area contributed by atoms with Gasteiger partial charge in [0, 0.05) is 0 Å². The lowest BCUT2D eigenvalue weighted by Gasteiger charge is -2.08. The Balaban J connectivity index is 1.64. The van der Waals surface area contributed by atoms with Crippen LogP contribution < -0.4 is 9.47 Å². The summed E-state index contributed by atoms with van der Waals surface area (Å²) in [6.45, 7) is 0. The second kappa shape index (κ2) is 7.33. The molecule has 0 unspecified atom stereocenters. The van der Waals surface area contributed by atoms with Crippen LogP contribution in [0.3, 0.4) is 0 Å². The molecule has 0 N–H and O–H groups in total. The minimum atomic E-state index is -0.371. The van der Waals surface area contributed by atoms with E-state index >= 15 is 0 Å². The lowest BCUT2D eigenvalue weighted by molar-refractivity contribution is 0.0600. The van der Waals surface area contributed by atoms with Gasteiger partial charge in [-0.05, 0) is 60.7 Å². The third-order valence-electron chi connectivity index (χ3n) is 3.31. The van der Waals surface area contributed by atoms with Crippen molar-refractivity contribution in [1.82, 2.24) is 0 Å². The fraction of sp³-hybridized carbons (Fsp3) is 0.0500. The van der Waals surface area contributed by atoms with E-state index in [1.54, 1.807) is 24.3 Å². The van der Waals surface area contributed by atoms with Gasteiger partial charge in [0.1, 0.15) is 23.0 Å². The Kier molecular flexibility index (Phi) is 4.77. The molecule has 0 radical (unpaired) electrons. The quantitative estimate of drug-likeness (QED) is 0.617. The summed E-state index contributed by atoms with van der Waals surface area (Å²) in [5, 5.41) is 0. The molecule has 0 aliphatic heterocycles. The third kappa shape index (κ3) is 3.93. The average Bonchev–Trinajstić information content (AvgIpc) is 2.64. The number of hydrogen-bond acceptors (Lipinski definition) is 4. The first-order valence-corrected chi connectivity index (χ1v) is 7.44. The highest BCUT2D eigenvalue weighted by Crippen LogP contribution is 2.26. The highest BCUT2D eigenvalue weighted by molar-refractivity contribution is 5.89. The van der Waals surface area contributed by atoms with E-state index in [-0.39, 0.29) is 5.97 Å². The zero-order chi connectivity index (χ0) is 16.8. The van der Waals surface area contributed by atoms with Crippen LogP contribution in [0.2, 0.25) is 0 Å². The maximum atomic E-state index is 11.4. The van der Waals surface area contributed by atoms with Gasteiger partial charge in [-0.1, -0.05) is 18.2 Å². The van der Waals surface area contributed by atoms with Crippen molar-refractivity contribution >= 4 is 5.97 Å². The number of hydrogen-bond donors (Lipinski definition) is 0. The van der Waals surface area contributed by atoms with Crippen molar-refractivity contribution < 1.29 is 19.0 Å². The minimum absolute atomic E-state index is 0.371. The van der Waals surface area contributed by atoms with E-state index in [9.17, 15) is 4.79 Å². The summed E-state index contributed by atoms with van der Waals surface area (Å²) in [5.74, 6) is 2.46. The van der Waals surface area contributed by atoms with Gasteiger partial charge < -0.3 is 14.2 Å². The Morgan fingerprint density at radius 1 is 0.625 bits per heavy atom. The maximum Gasteiger partial charge on any atom is 0.337 e. The molecule has 0 saturated carbocycles. The molecule has 0 fully saturated rings. The molecular formula is C20H16O4. The number of ether oxygens (including phenoxy) is 3. The van der Waals surface area contributed by atoms with E-state index in [1.807, 2.05) is 54.6 Å². The molecule has 0 heterocycles. The van der Waals surface area contributed by atoms with E-state index in [0.29, 0.717) is 17.1 Å². The molecular weight excluding hydrogens is 304 g/mol. The molecule has 0 spiro atoms. The Hall–Kier alpha value is -3.27. The Morgan fingerprint density at radius 2 is 1.04 bits per heavy atom. The van der Waals surface area contributed by atoms with Crippen LogP contribution in [-0.4, -0.2) is 13.1 Å². The molecule has 0 atom stereocenters. The van der Waals surface area contributed by atoms with Crippen LogP contribution in [-0.2, 0) is 4.74 Å². The second-order valence-electron chi connectivity index (χ2n) is 5.00. The van der Waals surface area contributed by atoms with Gasteiger partial charge in [0.15, 0.2) is 0 Å². The molecule has 24 heavy (non-hydrogen) atoms.